The highest BCUT2D eigenvalue weighted by molar-refractivity contribution is 6.40. The number of benzene rings is 3. The first kappa shape index (κ1) is 23.6. The average molecular weight is 468 g/mol. The maximum absolute atomic E-state index is 13.2. The van der Waals surface area contributed by atoms with E-state index >= 15 is 0 Å². The Bertz CT molecular complexity index is 1240. The zero-order valence-corrected chi connectivity index (χ0v) is 18.4. The SMILES string of the molecule is CC(=NNC(=O)C(=O)Nc1ccc(F)c(Cl)c1)c1ccccc1OC(=O)c1ccc(C)cc1. The van der Waals surface area contributed by atoms with Gasteiger partial charge in [-0.2, -0.15) is 5.10 Å². The summed E-state index contributed by atoms with van der Waals surface area (Å²) in [5, 5.41) is 6.02. The third-order valence-corrected chi connectivity index (χ3v) is 4.77. The number of para-hydroxylation sites is 1. The molecule has 0 atom stereocenters. The van der Waals surface area contributed by atoms with E-state index in [-0.39, 0.29) is 16.5 Å². The summed E-state index contributed by atoms with van der Waals surface area (Å²) in [7, 11) is 0. The summed E-state index contributed by atoms with van der Waals surface area (Å²) in [5.41, 5.74) is 4.43. The number of anilines is 1. The van der Waals surface area contributed by atoms with Crippen LogP contribution in [0.3, 0.4) is 0 Å². The summed E-state index contributed by atoms with van der Waals surface area (Å²) in [6.45, 7) is 3.49. The maximum Gasteiger partial charge on any atom is 0.343 e. The normalized spacial score (nSPS) is 11.0. The number of hydrogen-bond donors (Lipinski definition) is 2. The molecule has 0 aliphatic heterocycles. The van der Waals surface area contributed by atoms with Crippen molar-refractivity contribution in [2.45, 2.75) is 13.8 Å². The zero-order chi connectivity index (χ0) is 24.0. The van der Waals surface area contributed by atoms with Crippen LogP contribution in [-0.4, -0.2) is 23.5 Å². The highest BCUT2D eigenvalue weighted by Gasteiger charge is 2.16. The van der Waals surface area contributed by atoms with E-state index in [9.17, 15) is 18.8 Å². The number of aryl methyl sites for hydroxylation is 1. The van der Waals surface area contributed by atoms with Gasteiger partial charge in [0.2, 0.25) is 0 Å². The molecule has 0 spiro atoms. The lowest BCUT2D eigenvalue weighted by Gasteiger charge is -2.10. The maximum atomic E-state index is 13.2. The third-order valence-electron chi connectivity index (χ3n) is 4.48. The fraction of sp³-hybridized carbons (Fsp3) is 0.0833. The van der Waals surface area contributed by atoms with Crippen molar-refractivity contribution >= 4 is 40.8 Å². The topological polar surface area (TPSA) is 96.9 Å². The van der Waals surface area contributed by atoms with Crippen molar-refractivity contribution in [2.75, 3.05) is 5.32 Å². The number of esters is 1. The van der Waals surface area contributed by atoms with Gasteiger partial charge in [-0.15, -0.1) is 0 Å². The number of nitrogens with one attached hydrogen (secondary N) is 2. The summed E-state index contributed by atoms with van der Waals surface area (Å²) in [4.78, 5) is 36.6. The lowest BCUT2D eigenvalue weighted by atomic mass is 10.1. The summed E-state index contributed by atoms with van der Waals surface area (Å²) in [6.07, 6.45) is 0. The van der Waals surface area contributed by atoms with E-state index in [0.717, 1.165) is 11.6 Å². The molecule has 168 valence electrons. The first-order valence-electron chi connectivity index (χ1n) is 9.73. The first-order valence-corrected chi connectivity index (χ1v) is 10.1. The Morgan fingerprint density at radius 3 is 2.36 bits per heavy atom. The zero-order valence-electron chi connectivity index (χ0n) is 17.7. The molecule has 0 fully saturated rings. The first-order chi connectivity index (χ1) is 15.7. The number of carbonyl (C=O) groups excluding carboxylic acids is 3. The second-order valence-corrected chi connectivity index (χ2v) is 7.38. The van der Waals surface area contributed by atoms with E-state index in [1.54, 1.807) is 55.5 Å². The van der Waals surface area contributed by atoms with Crippen LogP contribution in [0, 0.1) is 12.7 Å². The van der Waals surface area contributed by atoms with Gasteiger partial charge in [-0.1, -0.05) is 41.4 Å². The second kappa shape index (κ2) is 10.5. The number of hydrogen-bond acceptors (Lipinski definition) is 5. The monoisotopic (exact) mass is 467 g/mol. The van der Waals surface area contributed by atoms with Gasteiger partial charge >= 0.3 is 17.8 Å². The number of rotatable bonds is 5. The standard InChI is InChI=1S/C24H19ClFN3O4/c1-14-7-9-16(10-8-14)24(32)33-21-6-4-3-5-18(21)15(2)28-29-23(31)22(30)27-17-11-12-20(26)19(25)13-17/h3-13H,1-2H3,(H,27,30)(H,29,31). The lowest BCUT2D eigenvalue weighted by Crippen LogP contribution is -2.33. The highest BCUT2D eigenvalue weighted by atomic mass is 35.5. The predicted octanol–water partition coefficient (Wildman–Crippen LogP) is 4.49. The van der Waals surface area contributed by atoms with E-state index < -0.39 is 23.6 Å². The molecule has 3 rings (SSSR count). The molecule has 0 heterocycles. The van der Waals surface area contributed by atoms with Gasteiger partial charge in [-0.3, -0.25) is 9.59 Å². The summed E-state index contributed by atoms with van der Waals surface area (Å²) in [5.74, 6) is -3.03. The lowest BCUT2D eigenvalue weighted by molar-refractivity contribution is -0.136. The van der Waals surface area contributed by atoms with Crippen molar-refractivity contribution < 1.29 is 23.5 Å². The molecule has 0 saturated heterocycles. The molecule has 3 aromatic carbocycles. The Balaban J connectivity index is 1.68. The molecule has 33 heavy (non-hydrogen) atoms. The molecule has 3 aromatic rings. The van der Waals surface area contributed by atoms with Crippen LogP contribution in [0.1, 0.15) is 28.4 Å². The Morgan fingerprint density at radius 1 is 0.970 bits per heavy atom. The molecule has 0 aliphatic carbocycles. The van der Waals surface area contributed by atoms with E-state index in [1.165, 1.54) is 12.1 Å². The molecule has 0 radical (unpaired) electrons. The average Bonchev–Trinajstić information content (AvgIpc) is 2.80. The quantitative estimate of drug-likeness (QED) is 0.190. The van der Waals surface area contributed by atoms with Gasteiger partial charge in [0.25, 0.3) is 0 Å². The minimum atomic E-state index is -1.05. The van der Waals surface area contributed by atoms with Crippen molar-refractivity contribution in [2.24, 2.45) is 5.10 Å². The van der Waals surface area contributed by atoms with Crippen molar-refractivity contribution in [1.29, 1.82) is 0 Å². The molecular formula is C24H19ClFN3O4. The largest absolute Gasteiger partial charge is 0.422 e. The van der Waals surface area contributed by atoms with Crippen molar-refractivity contribution in [3.8, 4) is 5.75 Å². The van der Waals surface area contributed by atoms with Gasteiger partial charge in [0, 0.05) is 11.3 Å². The summed E-state index contributed by atoms with van der Waals surface area (Å²) >= 11 is 5.66. The highest BCUT2D eigenvalue weighted by Crippen LogP contribution is 2.21. The number of nitrogens with zero attached hydrogens (tertiary/aromatic N) is 1. The Labute approximate surface area is 194 Å². The van der Waals surface area contributed by atoms with Crippen LogP contribution in [0.4, 0.5) is 10.1 Å². The fourth-order valence-electron chi connectivity index (χ4n) is 2.71. The predicted molar refractivity (Wildman–Crippen MR) is 123 cm³/mol. The Kier molecular flexibility index (Phi) is 7.53. The Hall–Kier alpha value is -4.04. The van der Waals surface area contributed by atoms with E-state index in [1.807, 2.05) is 6.92 Å². The molecule has 2 amide bonds. The molecule has 0 unspecified atom stereocenters. The van der Waals surface area contributed by atoms with E-state index in [0.29, 0.717) is 16.8 Å². The molecule has 2 N–H and O–H groups in total. The van der Waals surface area contributed by atoms with Crippen LogP contribution in [0.2, 0.25) is 5.02 Å². The van der Waals surface area contributed by atoms with Crippen LogP contribution >= 0.6 is 11.6 Å². The van der Waals surface area contributed by atoms with Crippen molar-refractivity contribution in [1.82, 2.24) is 5.43 Å². The van der Waals surface area contributed by atoms with Crippen molar-refractivity contribution in [3.05, 3.63) is 94.3 Å². The van der Waals surface area contributed by atoms with Gasteiger partial charge in [0.1, 0.15) is 11.6 Å². The third kappa shape index (κ3) is 6.24. The van der Waals surface area contributed by atoms with Crippen LogP contribution < -0.4 is 15.5 Å². The Morgan fingerprint density at radius 2 is 1.67 bits per heavy atom. The van der Waals surface area contributed by atoms with Crippen LogP contribution in [0.25, 0.3) is 0 Å². The number of halogens is 2. The number of amides is 2. The second-order valence-electron chi connectivity index (χ2n) is 6.97. The van der Waals surface area contributed by atoms with Gasteiger partial charge in [-0.05, 0) is 56.3 Å². The van der Waals surface area contributed by atoms with Crippen LogP contribution in [-0.2, 0) is 9.59 Å². The van der Waals surface area contributed by atoms with Gasteiger partial charge < -0.3 is 10.1 Å². The van der Waals surface area contributed by atoms with Crippen LogP contribution in [0.5, 0.6) is 5.75 Å². The smallest absolute Gasteiger partial charge is 0.343 e. The van der Waals surface area contributed by atoms with Gasteiger partial charge in [0.05, 0.1) is 16.3 Å². The molecule has 9 heteroatoms. The van der Waals surface area contributed by atoms with Gasteiger partial charge in [0.15, 0.2) is 0 Å². The molecule has 0 aliphatic rings. The summed E-state index contributed by atoms with van der Waals surface area (Å²) in [6, 6.07) is 17.1. The molecule has 0 saturated carbocycles. The molecule has 0 bridgehead atoms. The number of hydrazone groups is 1. The number of ether oxygens (including phenoxy) is 1. The molecular weight excluding hydrogens is 449 g/mol. The minimum absolute atomic E-state index is 0.149. The van der Waals surface area contributed by atoms with Crippen molar-refractivity contribution in [3.63, 3.8) is 0 Å². The number of carbonyl (C=O) groups is 3. The summed E-state index contributed by atoms with van der Waals surface area (Å²) < 4.78 is 18.7. The fourth-order valence-corrected chi connectivity index (χ4v) is 2.89. The van der Waals surface area contributed by atoms with E-state index in [4.69, 9.17) is 16.3 Å². The van der Waals surface area contributed by atoms with E-state index in [2.05, 4.69) is 15.8 Å². The molecule has 7 nitrogen and oxygen atoms in total. The minimum Gasteiger partial charge on any atom is -0.422 e. The van der Waals surface area contributed by atoms with Gasteiger partial charge in [-0.25, -0.2) is 14.6 Å². The molecule has 0 aromatic heterocycles. The van der Waals surface area contributed by atoms with Crippen LogP contribution in [0.15, 0.2) is 71.8 Å².